The highest BCUT2D eigenvalue weighted by atomic mass is 32.2. The van der Waals surface area contributed by atoms with E-state index in [1.807, 2.05) is 0 Å². The zero-order valence-corrected chi connectivity index (χ0v) is 11.3. The molecule has 1 fully saturated rings. The van der Waals surface area contributed by atoms with E-state index in [1.165, 1.54) is 6.42 Å². The van der Waals surface area contributed by atoms with E-state index in [0.717, 1.165) is 44.1 Å². The van der Waals surface area contributed by atoms with Crippen LogP contribution in [-0.4, -0.2) is 24.0 Å². The maximum absolute atomic E-state index is 12.0. The first kappa shape index (κ1) is 14.4. The molecule has 0 bridgehead atoms. The van der Waals surface area contributed by atoms with E-state index in [-0.39, 0.29) is 11.2 Å². The van der Waals surface area contributed by atoms with Crippen molar-refractivity contribution >= 4 is 15.4 Å². The molecule has 0 aromatic heterocycles. The molecule has 0 radical (unpaired) electrons. The largest absolute Gasteiger partial charge is 0.370 e. The van der Waals surface area contributed by atoms with Gasteiger partial charge in [-0.15, -0.1) is 0 Å². The maximum atomic E-state index is 12.0. The molecule has 1 aliphatic rings. The van der Waals surface area contributed by atoms with Gasteiger partial charge in [0.25, 0.3) is 0 Å². The van der Waals surface area contributed by atoms with Crippen LogP contribution < -0.4 is 0 Å². The molecule has 5 heteroatoms. The van der Waals surface area contributed by atoms with Crippen LogP contribution in [0.3, 0.4) is 0 Å². The second kappa shape index (κ2) is 6.92. The van der Waals surface area contributed by atoms with Gasteiger partial charge in [-0.3, -0.25) is 0 Å². The van der Waals surface area contributed by atoms with Crippen LogP contribution >= 0.6 is 0 Å². The number of unbranched alkanes of at least 4 members (excludes halogenated alkanes) is 1. The van der Waals surface area contributed by atoms with Crippen LogP contribution in [0.15, 0.2) is 0 Å². The Hall–Kier alpha value is -0.670. The highest BCUT2D eigenvalue weighted by molar-refractivity contribution is 8.04. The quantitative estimate of drug-likeness (QED) is 0.318. The molecule has 17 heavy (non-hydrogen) atoms. The van der Waals surface area contributed by atoms with E-state index >= 15 is 0 Å². The lowest BCUT2D eigenvalue weighted by Gasteiger charge is -2.27. The molecular formula is C12H22N2O2S. The van der Waals surface area contributed by atoms with E-state index < -0.39 is 9.84 Å². The molecule has 0 aromatic rings. The van der Waals surface area contributed by atoms with Gasteiger partial charge in [0, 0.05) is 0 Å². The molecule has 1 aliphatic carbocycles. The van der Waals surface area contributed by atoms with Crippen LogP contribution in [0.1, 0.15) is 58.3 Å². The molecule has 4 nitrogen and oxygen atoms in total. The standard InChI is InChI=1S/C12H22N2O2S/c1-2-3-9-12(17(15,16)10-14-13)11-7-5-4-6-8-11/h10-12H,2-9H2,1H3. The summed E-state index contributed by atoms with van der Waals surface area (Å²) >= 11 is 0. The molecule has 1 saturated carbocycles. The van der Waals surface area contributed by atoms with Gasteiger partial charge in [0.15, 0.2) is 0 Å². The van der Waals surface area contributed by atoms with Crippen LogP contribution in [0.5, 0.6) is 0 Å². The number of hydrogen-bond donors (Lipinski definition) is 0. The minimum atomic E-state index is -3.39. The first-order valence-electron chi connectivity index (χ1n) is 6.53. The molecule has 0 aromatic carbocycles. The lowest BCUT2D eigenvalue weighted by atomic mass is 9.85. The third-order valence-corrected chi connectivity index (χ3v) is 5.49. The van der Waals surface area contributed by atoms with Crippen molar-refractivity contribution in [2.24, 2.45) is 5.92 Å². The van der Waals surface area contributed by atoms with Crippen molar-refractivity contribution in [3.63, 3.8) is 0 Å². The Labute approximate surface area is 104 Å². The van der Waals surface area contributed by atoms with Crippen molar-refractivity contribution < 1.29 is 13.2 Å². The van der Waals surface area contributed by atoms with Crippen LogP contribution in [0.4, 0.5) is 0 Å². The van der Waals surface area contributed by atoms with Crippen molar-refractivity contribution in [2.45, 2.75) is 63.5 Å². The molecule has 1 unspecified atom stereocenters. The summed E-state index contributed by atoms with van der Waals surface area (Å²) in [6.45, 7) is 2.06. The summed E-state index contributed by atoms with van der Waals surface area (Å²) in [7, 11) is -3.39. The third-order valence-electron chi connectivity index (χ3n) is 3.63. The van der Waals surface area contributed by atoms with E-state index in [1.54, 1.807) is 0 Å². The van der Waals surface area contributed by atoms with E-state index in [2.05, 4.69) is 11.7 Å². The van der Waals surface area contributed by atoms with Gasteiger partial charge < -0.3 is 5.53 Å². The Bertz CT molecular complexity index is 366. The van der Waals surface area contributed by atoms with Gasteiger partial charge in [-0.05, 0) is 25.2 Å². The number of nitrogens with zero attached hydrogens (tertiary/aromatic N) is 2. The van der Waals surface area contributed by atoms with Gasteiger partial charge in [-0.2, -0.15) is 4.79 Å². The molecule has 1 atom stereocenters. The SMILES string of the molecule is CCCCC(C1CCCCC1)S(=O)(=O)C=[N+]=[N-]. The Morgan fingerprint density at radius 3 is 2.53 bits per heavy atom. The van der Waals surface area contributed by atoms with E-state index in [0.29, 0.717) is 6.42 Å². The summed E-state index contributed by atoms with van der Waals surface area (Å²) in [5, 5.41) is -0.348. The van der Waals surface area contributed by atoms with Crippen LogP contribution in [0.25, 0.3) is 5.53 Å². The fourth-order valence-electron chi connectivity index (χ4n) is 2.72. The molecular weight excluding hydrogens is 236 g/mol. The summed E-state index contributed by atoms with van der Waals surface area (Å²) in [5.41, 5.74) is 9.19. The fourth-order valence-corrected chi connectivity index (χ4v) is 4.31. The average Bonchev–Trinajstić information content (AvgIpc) is 2.30. The zero-order valence-electron chi connectivity index (χ0n) is 10.5. The topological polar surface area (TPSA) is 70.5 Å². The van der Waals surface area contributed by atoms with Gasteiger partial charge in [0.2, 0.25) is 9.84 Å². The Balaban J connectivity index is 2.81. The second-order valence-electron chi connectivity index (χ2n) is 4.89. The highest BCUT2D eigenvalue weighted by Gasteiger charge is 2.34. The summed E-state index contributed by atoms with van der Waals surface area (Å²) < 4.78 is 24.1. The Kier molecular flexibility index (Phi) is 5.86. The van der Waals surface area contributed by atoms with Crippen LogP contribution in [-0.2, 0) is 9.84 Å². The number of sulfone groups is 1. The smallest absolute Gasteiger partial charge is 0.361 e. The van der Waals surface area contributed by atoms with Crippen LogP contribution in [0, 0.1) is 5.92 Å². The molecule has 98 valence electrons. The van der Waals surface area contributed by atoms with Gasteiger partial charge in [-0.25, -0.2) is 8.42 Å². The molecule has 0 aliphatic heterocycles. The molecule has 0 spiro atoms. The first-order chi connectivity index (χ1) is 8.11. The van der Waals surface area contributed by atoms with Gasteiger partial charge in [0.05, 0.1) is 5.25 Å². The second-order valence-corrected chi connectivity index (χ2v) is 6.88. The number of hydrogen-bond acceptors (Lipinski definition) is 2. The predicted octanol–water partition coefficient (Wildman–Crippen LogP) is 2.80. The van der Waals surface area contributed by atoms with Crippen molar-refractivity contribution in [2.75, 3.05) is 0 Å². The lowest BCUT2D eigenvalue weighted by molar-refractivity contribution is 0.00739. The van der Waals surface area contributed by atoms with Gasteiger partial charge in [-0.1, -0.05) is 39.0 Å². The summed E-state index contributed by atoms with van der Waals surface area (Å²) in [6, 6.07) is 0. The predicted molar refractivity (Wildman–Crippen MR) is 68.5 cm³/mol. The monoisotopic (exact) mass is 258 g/mol. The minimum Gasteiger partial charge on any atom is -0.361 e. The maximum Gasteiger partial charge on any atom is 0.370 e. The normalized spacial score (nSPS) is 19.6. The Morgan fingerprint density at radius 2 is 2.00 bits per heavy atom. The van der Waals surface area contributed by atoms with E-state index in [9.17, 15) is 8.42 Å². The van der Waals surface area contributed by atoms with Crippen LogP contribution in [0.2, 0.25) is 0 Å². The summed E-state index contributed by atoms with van der Waals surface area (Å²) in [4.78, 5) is 2.72. The molecule has 0 N–H and O–H groups in total. The third kappa shape index (κ3) is 4.25. The van der Waals surface area contributed by atoms with E-state index in [4.69, 9.17) is 5.53 Å². The Morgan fingerprint density at radius 1 is 1.35 bits per heavy atom. The number of rotatable bonds is 6. The molecule has 0 heterocycles. The minimum absolute atomic E-state index is 0.248. The van der Waals surface area contributed by atoms with Crippen molar-refractivity contribution in [3.8, 4) is 0 Å². The zero-order chi connectivity index (χ0) is 12.7. The van der Waals surface area contributed by atoms with Crippen molar-refractivity contribution in [1.82, 2.24) is 0 Å². The summed E-state index contributed by atoms with van der Waals surface area (Å²) in [6.07, 6.45) is 8.05. The average molecular weight is 258 g/mol. The van der Waals surface area contributed by atoms with Crippen molar-refractivity contribution in [1.29, 1.82) is 0 Å². The van der Waals surface area contributed by atoms with Gasteiger partial charge in [0.1, 0.15) is 0 Å². The highest BCUT2D eigenvalue weighted by Crippen LogP contribution is 2.32. The molecule has 0 saturated heterocycles. The van der Waals surface area contributed by atoms with Gasteiger partial charge >= 0.3 is 5.55 Å². The van der Waals surface area contributed by atoms with Crippen molar-refractivity contribution in [3.05, 3.63) is 5.53 Å². The molecule has 0 amide bonds. The first-order valence-corrected chi connectivity index (χ1v) is 8.14. The summed E-state index contributed by atoms with van der Waals surface area (Å²) in [5.74, 6) is 0.248. The lowest BCUT2D eigenvalue weighted by Crippen LogP contribution is -2.32. The molecule has 1 rings (SSSR count). The fraction of sp³-hybridized carbons (Fsp3) is 0.917.